The van der Waals surface area contributed by atoms with Gasteiger partial charge in [-0.2, -0.15) is 0 Å². The van der Waals surface area contributed by atoms with Gasteiger partial charge in [0.2, 0.25) is 0 Å². The van der Waals surface area contributed by atoms with Gasteiger partial charge in [-0.05, 0) is 77.0 Å². The molecule has 0 spiro atoms. The lowest BCUT2D eigenvalue weighted by molar-refractivity contribution is -0.162. The maximum absolute atomic E-state index is 12.8. The third kappa shape index (κ3) is 55.9. The first-order valence-electron chi connectivity index (χ1n) is 29.5. The first kappa shape index (κ1) is 65.3. The monoisotopic (exact) mass is 949 g/mol. The second-order valence-corrected chi connectivity index (χ2v) is 19.5. The molecular weight excluding hydrogens is 837 g/mol. The van der Waals surface area contributed by atoms with Gasteiger partial charge >= 0.3 is 11.9 Å². The predicted octanol–water partition coefficient (Wildman–Crippen LogP) is 20.2. The number of unbranched alkanes of at least 4 members (excludes halogenated alkanes) is 31. The van der Waals surface area contributed by atoms with E-state index < -0.39 is 6.10 Å². The van der Waals surface area contributed by atoms with E-state index in [2.05, 4.69) is 87.6 Å². The Kier molecular flexibility index (Phi) is 56.4. The minimum absolute atomic E-state index is 0.0568. The molecule has 0 saturated heterocycles. The van der Waals surface area contributed by atoms with Crippen molar-refractivity contribution < 1.29 is 23.8 Å². The molecule has 0 aromatic rings. The summed E-state index contributed by atoms with van der Waals surface area (Å²) >= 11 is 0. The van der Waals surface area contributed by atoms with Crippen LogP contribution in [0.15, 0.2) is 72.9 Å². The molecule has 5 heteroatoms. The minimum Gasteiger partial charge on any atom is -0.462 e. The molecule has 0 radical (unpaired) electrons. The van der Waals surface area contributed by atoms with Crippen LogP contribution in [0.4, 0.5) is 0 Å². The van der Waals surface area contributed by atoms with E-state index in [1.165, 1.54) is 193 Å². The highest BCUT2D eigenvalue weighted by atomic mass is 16.6. The number of carbonyl (C=O) groups is 2. The Morgan fingerprint density at radius 1 is 0.338 bits per heavy atom. The average Bonchev–Trinajstić information content (AvgIpc) is 3.34. The Hall–Kier alpha value is -2.66. The normalized spacial score (nSPS) is 12.7. The Morgan fingerprint density at radius 2 is 0.691 bits per heavy atom. The second-order valence-electron chi connectivity index (χ2n) is 19.5. The van der Waals surface area contributed by atoms with Crippen LogP contribution in [0.1, 0.15) is 290 Å². The molecule has 0 aromatic carbocycles. The van der Waals surface area contributed by atoms with Crippen molar-refractivity contribution in [3.63, 3.8) is 0 Å². The van der Waals surface area contributed by atoms with Crippen molar-refractivity contribution in [2.75, 3.05) is 19.8 Å². The number of allylic oxidation sites excluding steroid dienone is 12. The summed E-state index contributed by atoms with van der Waals surface area (Å²) in [4.78, 5) is 25.5. The highest BCUT2D eigenvalue weighted by Gasteiger charge is 2.17. The summed E-state index contributed by atoms with van der Waals surface area (Å²) in [5, 5.41) is 0. The third-order valence-electron chi connectivity index (χ3n) is 12.7. The topological polar surface area (TPSA) is 61.8 Å². The smallest absolute Gasteiger partial charge is 0.306 e. The lowest BCUT2D eigenvalue weighted by Gasteiger charge is -2.18. The molecule has 5 nitrogen and oxygen atoms in total. The molecule has 0 N–H and O–H groups in total. The number of ether oxygens (including phenoxy) is 3. The van der Waals surface area contributed by atoms with Crippen molar-refractivity contribution >= 4 is 11.9 Å². The van der Waals surface area contributed by atoms with E-state index in [9.17, 15) is 9.59 Å². The molecule has 394 valence electrons. The fraction of sp³-hybridized carbons (Fsp3) is 0.778. The van der Waals surface area contributed by atoms with Crippen LogP contribution in [-0.4, -0.2) is 37.9 Å². The van der Waals surface area contributed by atoms with E-state index >= 15 is 0 Å². The molecule has 0 amide bonds. The maximum atomic E-state index is 12.8. The van der Waals surface area contributed by atoms with Crippen LogP contribution in [0.3, 0.4) is 0 Å². The number of hydrogen-bond acceptors (Lipinski definition) is 5. The average molecular weight is 950 g/mol. The predicted molar refractivity (Wildman–Crippen MR) is 297 cm³/mol. The molecule has 0 heterocycles. The standard InChI is InChI=1S/C63H112O5/c1-4-7-10-13-16-19-22-25-27-29-31-33-35-37-40-43-46-49-52-55-58-66-59-61(68-63(65)57-54-51-48-45-42-38-24-21-18-15-12-9-6-3)60-67-62(64)56-53-50-47-44-41-39-36-34-32-30-28-26-23-20-17-14-11-8-5-2/h9,12,16,18-19,21,25,27,38,42,48,51,61H,4-8,10-11,13-15,17,20,22-24,26,28-37,39-41,43-47,49-50,52-60H2,1-3H3/b12-9-,19-16-,21-18-,27-25-,42-38-,51-48-. The summed E-state index contributed by atoms with van der Waals surface area (Å²) in [5.41, 5.74) is 0. The zero-order valence-corrected chi connectivity index (χ0v) is 45.4. The van der Waals surface area contributed by atoms with Crippen LogP contribution in [0, 0.1) is 0 Å². The number of carbonyl (C=O) groups excluding carboxylic acids is 2. The van der Waals surface area contributed by atoms with E-state index in [0.717, 1.165) is 57.8 Å². The summed E-state index contributed by atoms with van der Waals surface area (Å²) in [5.74, 6) is -0.480. The largest absolute Gasteiger partial charge is 0.462 e. The highest BCUT2D eigenvalue weighted by molar-refractivity contribution is 5.70. The van der Waals surface area contributed by atoms with Crippen molar-refractivity contribution in [3.05, 3.63) is 72.9 Å². The van der Waals surface area contributed by atoms with Gasteiger partial charge in [-0.1, -0.05) is 273 Å². The van der Waals surface area contributed by atoms with E-state index in [1.807, 2.05) is 6.08 Å². The van der Waals surface area contributed by atoms with Crippen molar-refractivity contribution in [1.82, 2.24) is 0 Å². The summed E-state index contributed by atoms with van der Waals surface area (Å²) in [7, 11) is 0. The molecule has 0 rings (SSSR count). The molecule has 0 aliphatic rings. The molecule has 68 heavy (non-hydrogen) atoms. The zero-order valence-electron chi connectivity index (χ0n) is 45.4. The summed E-state index contributed by atoms with van der Waals surface area (Å²) in [6.45, 7) is 7.65. The van der Waals surface area contributed by atoms with Crippen LogP contribution >= 0.6 is 0 Å². The maximum Gasteiger partial charge on any atom is 0.306 e. The molecule has 1 unspecified atom stereocenters. The van der Waals surface area contributed by atoms with Gasteiger partial charge in [-0.3, -0.25) is 9.59 Å². The van der Waals surface area contributed by atoms with Gasteiger partial charge in [-0.15, -0.1) is 0 Å². The van der Waals surface area contributed by atoms with Gasteiger partial charge in [0.1, 0.15) is 6.61 Å². The van der Waals surface area contributed by atoms with E-state index in [0.29, 0.717) is 25.9 Å². The van der Waals surface area contributed by atoms with Crippen LogP contribution in [0.25, 0.3) is 0 Å². The zero-order chi connectivity index (χ0) is 49.2. The van der Waals surface area contributed by atoms with Gasteiger partial charge in [0.05, 0.1) is 6.61 Å². The quantitative estimate of drug-likeness (QED) is 0.0345. The Bertz CT molecular complexity index is 1210. The van der Waals surface area contributed by atoms with Crippen LogP contribution < -0.4 is 0 Å². The van der Waals surface area contributed by atoms with E-state index in [4.69, 9.17) is 14.2 Å². The van der Waals surface area contributed by atoms with Gasteiger partial charge in [0.25, 0.3) is 0 Å². The Balaban J connectivity index is 4.26. The van der Waals surface area contributed by atoms with Crippen molar-refractivity contribution in [3.8, 4) is 0 Å². The fourth-order valence-electron chi connectivity index (χ4n) is 8.38. The molecule has 0 saturated carbocycles. The van der Waals surface area contributed by atoms with Crippen LogP contribution in [0.2, 0.25) is 0 Å². The van der Waals surface area contributed by atoms with Gasteiger partial charge in [-0.25, -0.2) is 0 Å². The molecule has 0 aliphatic heterocycles. The minimum atomic E-state index is -0.577. The van der Waals surface area contributed by atoms with Gasteiger partial charge in [0, 0.05) is 19.4 Å². The SMILES string of the molecule is CC/C=C\C/C=C\C/C=C\C/C=C\CCC(=O)OC(COCCCCCCCCCCCC/C=C\C/C=C\CCCCC)COC(=O)CCCCCCCCCCCCCCCCCCCCC. The number of rotatable bonds is 54. The van der Waals surface area contributed by atoms with Crippen molar-refractivity contribution in [1.29, 1.82) is 0 Å². The Labute approximate surface area is 423 Å². The summed E-state index contributed by atoms with van der Waals surface area (Å²) in [6, 6.07) is 0. The van der Waals surface area contributed by atoms with E-state index in [-0.39, 0.29) is 25.2 Å². The van der Waals surface area contributed by atoms with Crippen LogP contribution in [-0.2, 0) is 23.8 Å². The third-order valence-corrected chi connectivity index (χ3v) is 12.7. The lowest BCUT2D eigenvalue weighted by atomic mass is 10.0. The van der Waals surface area contributed by atoms with Crippen molar-refractivity contribution in [2.24, 2.45) is 0 Å². The fourth-order valence-corrected chi connectivity index (χ4v) is 8.38. The summed E-state index contributed by atoms with van der Waals surface area (Å²) in [6.07, 6.45) is 76.6. The molecule has 0 aromatic heterocycles. The van der Waals surface area contributed by atoms with Crippen molar-refractivity contribution in [2.45, 2.75) is 297 Å². The Morgan fingerprint density at radius 3 is 1.15 bits per heavy atom. The molecule has 0 fully saturated rings. The number of hydrogen-bond donors (Lipinski definition) is 0. The summed E-state index contributed by atoms with van der Waals surface area (Å²) < 4.78 is 17.4. The van der Waals surface area contributed by atoms with Gasteiger partial charge in [0.15, 0.2) is 6.10 Å². The first-order chi connectivity index (χ1) is 33.6. The first-order valence-corrected chi connectivity index (χ1v) is 29.5. The second kappa shape index (κ2) is 58.7. The molecular formula is C63H112O5. The lowest BCUT2D eigenvalue weighted by Crippen LogP contribution is -2.30. The van der Waals surface area contributed by atoms with E-state index in [1.54, 1.807) is 0 Å². The van der Waals surface area contributed by atoms with Gasteiger partial charge < -0.3 is 14.2 Å². The molecule has 1 atom stereocenters. The molecule has 0 aliphatic carbocycles. The molecule has 0 bridgehead atoms. The van der Waals surface area contributed by atoms with Crippen LogP contribution in [0.5, 0.6) is 0 Å². The number of esters is 2. The highest BCUT2D eigenvalue weighted by Crippen LogP contribution is 2.16.